The molecule has 0 spiro atoms. The lowest BCUT2D eigenvalue weighted by Crippen LogP contribution is -2.47. The Kier molecular flexibility index (Phi) is 5.50. The molecule has 2 atom stereocenters. The molecule has 0 aliphatic carbocycles. The summed E-state index contributed by atoms with van der Waals surface area (Å²) in [5.41, 5.74) is 0.151. The van der Waals surface area contributed by atoms with Crippen LogP contribution in [0, 0.1) is 0 Å². The summed E-state index contributed by atoms with van der Waals surface area (Å²) in [6.45, 7) is 2.24. The van der Waals surface area contributed by atoms with Gasteiger partial charge in [-0.2, -0.15) is 8.78 Å². The topological polar surface area (TPSA) is 43.8 Å². The standard InChI is InChI=1S/C17H24F2N2O3/c1-2-22-12-17-6-3-9-21(17)13(4-7-17)11-23-15-10-14(5-8-20-15)24-16(18)19/h5,8,10,13,16H,2-4,6-7,9,11-12H2,1H3/t13-,17-/m0/s1. The fraction of sp³-hybridized carbons (Fsp3) is 0.706. The molecule has 7 heteroatoms. The summed E-state index contributed by atoms with van der Waals surface area (Å²) in [6.07, 6.45) is 5.93. The SMILES string of the molecule is CCOC[C@@]12CCCN1[C@H](COc1cc(OC(F)F)ccn1)CC2. The Balaban J connectivity index is 1.57. The van der Waals surface area contributed by atoms with E-state index in [4.69, 9.17) is 9.47 Å². The number of ether oxygens (including phenoxy) is 3. The Hall–Kier alpha value is -1.47. The molecule has 5 nitrogen and oxygen atoms in total. The number of rotatable bonds is 8. The van der Waals surface area contributed by atoms with Gasteiger partial charge in [0.2, 0.25) is 5.88 Å². The summed E-state index contributed by atoms with van der Waals surface area (Å²) in [4.78, 5) is 6.57. The fourth-order valence-electron chi connectivity index (χ4n) is 3.91. The van der Waals surface area contributed by atoms with Crippen molar-refractivity contribution in [2.75, 3.05) is 26.4 Å². The predicted octanol–water partition coefficient (Wildman–Crippen LogP) is 3.10. The maximum absolute atomic E-state index is 12.3. The number of hydrogen-bond donors (Lipinski definition) is 0. The second-order valence-corrected chi connectivity index (χ2v) is 6.37. The van der Waals surface area contributed by atoms with Gasteiger partial charge in [0.15, 0.2) is 0 Å². The number of aromatic nitrogens is 1. The van der Waals surface area contributed by atoms with Gasteiger partial charge in [0.05, 0.1) is 6.61 Å². The van der Waals surface area contributed by atoms with Crippen LogP contribution in [0.25, 0.3) is 0 Å². The Morgan fingerprint density at radius 2 is 2.29 bits per heavy atom. The first-order chi connectivity index (χ1) is 11.6. The molecule has 2 fully saturated rings. The molecule has 2 aliphatic rings. The van der Waals surface area contributed by atoms with Crippen molar-refractivity contribution in [3.05, 3.63) is 18.3 Å². The molecule has 2 aliphatic heterocycles. The van der Waals surface area contributed by atoms with Crippen LogP contribution in [-0.2, 0) is 4.74 Å². The van der Waals surface area contributed by atoms with Crippen molar-refractivity contribution in [3.8, 4) is 11.6 Å². The number of halogens is 2. The van der Waals surface area contributed by atoms with Crippen molar-refractivity contribution >= 4 is 0 Å². The van der Waals surface area contributed by atoms with Crippen LogP contribution < -0.4 is 9.47 Å². The quantitative estimate of drug-likeness (QED) is 0.726. The molecule has 3 rings (SSSR count). The summed E-state index contributed by atoms with van der Waals surface area (Å²) >= 11 is 0. The van der Waals surface area contributed by atoms with Gasteiger partial charge in [-0.05, 0) is 45.2 Å². The number of pyridine rings is 1. The van der Waals surface area contributed by atoms with E-state index in [1.807, 2.05) is 6.92 Å². The highest BCUT2D eigenvalue weighted by molar-refractivity contribution is 5.26. The molecule has 0 bridgehead atoms. The van der Waals surface area contributed by atoms with Gasteiger partial charge in [0.25, 0.3) is 0 Å². The minimum atomic E-state index is -2.85. The largest absolute Gasteiger partial charge is 0.476 e. The summed E-state index contributed by atoms with van der Waals surface area (Å²) in [7, 11) is 0. The first-order valence-corrected chi connectivity index (χ1v) is 8.51. The maximum Gasteiger partial charge on any atom is 0.387 e. The van der Waals surface area contributed by atoms with Gasteiger partial charge in [-0.25, -0.2) is 4.98 Å². The summed E-state index contributed by atoms with van der Waals surface area (Å²) in [5.74, 6) is 0.378. The van der Waals surface area contributed by atoms with Crippen molar-refractivity contribution in [2.45, 2.75) is 50.8 Å². The number of alkyl halides is 2. The number of hydrogen-bond acceptors (Lipinski definition) is 5. The van der Waals surface area contributed by atoms with E-state index in [-0.39, 0.29) is 11.3 Å². The molecule has 3 heterocycles. The summed E-state index contributed by atoms with van der Waals surface area (Å²) in [6, 6.07) is 3.11. The van der Waals surface area contributed by atoms with E-state index in [9.17, 15) is 8.78 Å². The van der Waals surface area contributed by atoms with Crippen LogP contribution in [0.2, 0.25) is 0 Å². The monoisotopic (exact) mass is 342 g/mol. The minimum absolute atomic E-state index is 0.0632. The fourth-order valence-corrected chi connectivity index (χ4v) is 3.91. The van der Waals surface area contributed by atoms with Crippen LogP contribution in [0.5, 0.6) is 11.6 Å². The molecule has 1 aromatic heterocycles. The Bertz CT molecular complexity index is 546. The van der Waals surface area contributed by atoms with E-state index in [0.29, 0.717) is 18.5 Å². The predicted molar refractivity (Wildman–Crippen MR) is 84.6 cm³/mol. The van der Waals surface area contributed by atoms with Gasteiger partial charge in [-0.3, -0.25) is 4.90 Å². The third-order valence-corrected chi connectivity index (χ3v) is 4.96. The average molecular weight is 342 g/mol. The summed E-state index contributed by atoms with van der Waals surface area (Å²) in [5, 5.41) is 0. The van der Waals surface area contributed by atoms with Gasteiger partial charge in [0.1, 0.15) is 12.4 Å². The molecule has 2 saturated heterocycles. The van der Waals surface area contributed by atoms with Crippen LogP contribution in [0.1, 0.15) is 32.6 Å². The van der Waals surface area contributed by atoms with E-state index in [2.05, 4.69) is 14.6 Å². The molecule has 0 unspecified atom stereocenters. The molecule has 0 radical (unpaired) electrons. The molecule has 134 valence electrons. The van der Waals surface area contributed by atoms with Gasteiger partial charge in [-0.1, -0.05) is 0 Å². The highest BCUT2D eigenvalue weighted by Crippen LogP contribution is 2.42. The van der Waals surface area contributed by atoms with Gasteiger partial charge in [-0.15, -0.1) is 0 Å². The van der Waals surface area contributed by atoms with Gasteiger partial charge in [0, 0.05) is 30.5 Å². The Morgan fingerprint density at radius 3 is 3.08 bits per heavy atom. The zero-order valence-electron chi connectivity index (χ0n) is 13.9. The van der Waals surface area contributed by atoms with Crippen molar-refractivity contribution in [1.82, 2.24) is 9.88 Å². The van der Waals surface area contributed by atoms with E-state index in [1.165, 1.54) is 31.2 Å². The Morgan fingerprint density at radius 1 is 1.42 bits per heavy atom. The van der Waals surface area contributed by atoms with Crippen LogP contribution >= 0.6 is 0 Å². The number of nitrogens with zero attached hydrogens (tertiary/aromatic N) is 2. The molecular weight excluding hydrogens is 318 g/mol. The number of fused-ring (bicyclic) bond motifs is 1. The summed E-state index contributed by atoms with van der Waals surface area (Å²) < 4.78 is 40.4. The van der Waals surface area contributed by atoms with E-state index >= 15 is 0 Å². The zero-order valence-corrected chi connectivity index (χ0v) is 13.9. The smallest absolute Gasteiger partial charge is 0.387 e. The molecule has 0 aromatic carbocycles. The van der Waals surface area contributed by atoms with Gasteiger partial charge >= 0.3 is 6.61 Å². The molecule has 0 amide bonds. The second kappa shape index (κ2) is 7.61. The highest BCUT2D eigenvalue weighted by Gasteiger charge is 2.49. The van der Waals surface area contributed by atoms with Crippen molar-refractivity contribution in [2.24, 2.45) is 0 Å². The minimum Gasteiger partial charge on any atom is -0.476 e. The average Bonchev–Trinajstić information content (AvgIpc) is 3.10. The van der Waals surface area contributed by atoms with E-state index in [0.717, 1.165) is 32.6 Å². The van der Waals surface area contributed by atoms with Crippen molar-refractivity contribution in [3.63, 3.8) is 0 Å². The first-order valence-electron chi connectivity index (χ1n) is 8.51. The van der Waals surface area contributed by atoms with Gasteiger partial charge < -0.3 is 14.2 Å². The Labute approximate surface area is 140 Å². The lowest BCUT2D eigenvalue weighted by atomic mass is 9.95. The lowest BCUT2D eigenvalue weighted by molar-refractivity contribution is -0.0500. The normalized spacial score (nSPS) is 26.8. The molecule has 0 N–H and O–H groups in total. The maximum atomic E-state index is 12.3. The molecule has 24 heavy (non-hydrogen) atoms. The molecular formula is C17H24F2N2O3. The van der Waals surface area contributed by atoms with Crippen molar-refractivity contribution in [1.29, 1.82) is 0 Å². The van der Waals surface area contributed by atoms with Crippen molar-refractivity contribution < 1.29 is 23.0 Å². The molecule has 0 saturated carbocycles. The zero-order chi connectivity index (χ0) is 17.0. The van der Waals surface area contributed by atoms with E-state index in [1.54, 1.807) is 0 Å². The van der Waals surface area contributed by atoms with Crippen LogP contribution in [-0.4, -0.2) is 54.4 Å². The lowest BCUT2D eigenvalue weighted by Gasteiger charge is -2.34. The first kappa shape index (κ1) is 17.4. The van der Waals surface area contributed by atoms with E-state index < -0.39 is 6.61 Å². The van der Waals surface area contributed by atoms with Crippen LogP contribution in [0.15, 0.2) is 18.3 Å². The van der Waals surface area contributed by atoms with Crippen LogP contribution in [0.4, 0.5) is 8.78 Å². The highest BCUT2D eigenvalue weighted by atomic mass is 19.3. The third-order valence-electron chi connectivity index (χ3n) is 4.96. The molecule has 1 aromatic rings. The second-order valence-electron chi connectivity index (χ2n) is 6.37. The third kappa shape index (κ3) is 3.78. The van der Waals surface area contributed by atoms with Crippen LogP contribution in [0.3, 0.4) is 0 Å².